The second-order valence-corrected chi connectivity index (χ2v) is 10.0. The minimum Gasteiger partial charge on any atom is -0.300 e. The summed E-state index contributed by atoms with van der Waals surface area (Å²) < 4.78 is 0. The van der Waals surface area contributed by atoms with Gasteiger partial charge in [0, 0.05) is 5.92 Å². The van der Waals surface area contributed by atoms with E-state index in [2.05, 4.69) is 13.8 Å². The summed E-state index contributed by atoms with van der Waals surface area (Å²) in [4.78, 5) is 12.3. The van der Waals surface area contributed by atoms with Crippen molar-refractivity contribution in [2.24, 2.45) is 40.4 Å². The van der Waals surface area contributed by atoms with E-state index in [0.717, 1.165) is 23.7 Å². The number of hydrogen-bond acceptors (Lipinski definition) is 1. The quantitative estimate of drug-likeness (QED) is 0.578. The van der Waals surface area contributed by atoms with Gasteiger partial charge in [-0.25, -0.2) is 0 Å². The predicted octanol–water partition coefficient (Wildman–Crippen LogP) is 6.01. The van der Waals surface area contributed by atoms with Gasteiger partial charge in [-0.2, -0.15) is 0 Å². The van der Waals surface area contributed by atoms with Gasteiger partial charge in [-0.15, -0.1) is 0 Å². The van der Waals surface area contributed by atoms with Crippen molar-refractivity contribution in [1.82, 2.24) is 0 Å². The van der Waals surface area contributed by atoms with E-state index in [1.54, 1.807) is 0 Å². The second-order valence-electron chi connectivity index (χ2n) is 10.0. The largest absolute Gasteiger partial charge is 0.300 e. The summed E-state index contributed by atoms with van der Waals surface area (Å²) in [7, 11) is 0. The van der Waals surface area contributed by atoms with Crippen molar-refractivity contribution in [2.75, 3.05) is 0 Å². The first-order valence-corrected chi connectivity index (χ1v) is 10.5. The maximum atomic E-state index is 12.3. The molecule has 0 amide bonds. The van der Waals surface area contributed by atoms with Crippen molar-refractivity contribution in [3.63, 3.8) is 0 Å². The fraction of sp³-hybridized carbons (Fsp3) is 0.955. The summed E-state index contributed by atoms with van der Waals surface area (Å²) in [6, 6.07) is 0. The van der Waals surface area contributed by atoms with E-state index < -0.39 is 0 Å². The molecule has 4 aliphatic carbocycles. The van der Waals surface area contributed by atoms with Gasteiger partial charge in [-0.05, 0) is 92.8 Å². The van der Waals surface area contributed by atoms with E-state index in [-0.39, 0.29) is 0 Å². The average Bonchev–Trinajstić information content (AvgIpc) is 2.52. The molecular formula is C22H36O. The van der Waals surface area contributed by atoms with Crippen molar-refractivity contribution >= 4 is 5.78 Å². The molecule has 0 spiro atoms. The van der Waals surface area contributed by atoms with E-state index >= 15 is 0 Å². The van der Waals surface area contributed by atoms with Gasteiger partial charge in [0.05, 0.1) is 0 Å². The molecule has 0 radical (unpaired) electrons. The molecule has 7 atom stereocenters. The van der Waals surface area contributed by atoms with E-state index in [1.807, 2.05) is 6.92 Å². The first-order chi connectivity index (χ1) is 11.0. The lowest BCUT2D eigenvalue weighted by atomic mass is 9.41. The molecule has 4 aliphatic rings. The van der Waals surface area contributed by atoms with Crippen LogP contribution in [0.2, 0.25) is 0 Å². The Labute approximate surface area is 143 Å². The molecule has 130 valence electrons. The molecule has 0 unspecified atom stereocenters. The first-order valence-electron chi connectivity index (χ1n) is 10.5. The Morgan fingerprint density at radius 1 is 0.783 bits per heavy atom. The Morgan fingerprint density at radius 2 is 1.57 bits per heavy atom. The Kier molecular flexibility index (Phi) is 3.93. The van der Waals surface area contributed by atoms with Crippen LogP contribution in [0.1, 0.15) is 91.4 Å². The molecule has 23 heavy (non-hydrogen) atoms. The number of carbonyl (C=O) groups is 1. The Balaban J connectivity index is 1.64. The van der Waals surface area contributed by atoms with Crippen LogP contribution in [0.25, 0.3) is 0 Å². The van der Waals surface area contributed by atoms with E-state index in [4.69, 9.17) is 0 Å². The zero-order chi connectivity index (χ0) is 16.2. The molecular weight excluding hydrogens is 280 g/mol. The van der Waals surface area contributed by atoms with Crippen LogP contribution in [-0.4, -0.2) is 5.78 Å². The smallest absolute Gasteiger partial charge is 0.133 e. The highest BCUT2D eigenvalue weighted by Gasteiger charge is 2.58. The van der Waals surface area contributed by atoms with Gasteiger partial charge in [0.2, 0.25) is 0 Å². The van der Waals surface area contributed by atoms with Crippen LogP contribution in [0, 0.1) is 40.4 Å². The SMILES string of the molecule is CC(=O)[C@@H]1CCC[C@@H]2[C@@H]3CC[C@@H]4CCCC[C@]4(C)[C@@H]3CC[C@@]21C. The van der Waals surface area contributed by atoms with Gasteiger partial charge in [0.1, 0.15) is 5.78 Å². The van der Waals surface area contributed by atoms with Gasteiger partial charge in [-0.1, -0.05) is 33.1 Å². The first kappa shape index (κ1) is 16.2. The van der Waals surface area contributed by atoms with Gasteiger partial charge in [0.15, 0.2) is 0 Å². The second kappa shape index (κ2) is 5.60. The molecule has 0 aromatic rings. The molecule has 0 N–H and O–H groups in total. The van der Waals surface area contributed by atoms with Gasteiger partial charge in [-0.3, -0.25) is 4.79 Å². The van der Waals surface area contributed by atoms with Crippen molar-refractivity contribution in [1.29, 1.82) is 0 Å². The summed E-state index contributed by atoms with van der Waals surface area (Å²) in [5.74, 6) is 4.57. The lowest BCUT2D eigenvalue weighted by Crippen LogP contribution is -2.56. The third-order valence-corrected chi connectivity index (χ3v) is 9.32. The van der Waals surface area contributed by atoms with Crippen LogP contribution in [-0.2, 0) is 4.79 Å². The number of fused-ring (bicyclic) bond motifs is 5. The maximum absolute atomic E-state index is 12.3. The molecule has 4 saturated carbocycles. The minimum atomic E-state index is 0.323. The zero-order valence-electron chi connectivity index (χ0n) is 15.6. The monoisotopic (exact) mass is 316 g/mol. The molecule has 4 rings (SSSR count). The molecule has 1 nitrogen and oxygen atoms in total. The standard InChI is InChI=1S/C22H36O/c1-15(23)18-8-6-9-19-17-11-10-16-7-4-5-13-21(16,2)20(17)12-14-22(18,19)3/h16-20H,4-14H2,1-3H3/t16-,17-,18-,19+,20+,21-,22+/m0/s1. The summed E-state index contributed by atoms with van der Waals surface area (Å²) in [5, 5.41) is 0. The maximum Gasteiger partial charge on any atom is 0.133 e. The lowest BCUT2D eigenvalue weighted by molar-refractivity contribution is -0.153. The molecule has 0 bridgehead atoms. The highest BCUT2D eigenvalue weighted by molar-refractivity contribution is 5.79. The Hall–Kier alpha value is -0.330. The fourth-order valence-corrected chi connectivity index (χ4v) is 8.16. The van der Waals surface area contributed by atoms with Crippen LogP contribution < -0.4 is 0 Å². The number of ketones is 1. The summed E-state index contributed by atoms with van der Waals surface area (Å²) in [6.07, 6.45) is 15.5. The van der Waals surface area contributed by atoms with Gasteiger partial charge in [0.25, 0.3) is 0 Å². The molecule has 0 aromatic heterocycles. The molecule has 0 saturated heterocycles. The fourth-order valence-electron chi connectivity index (χ4n) is 8.16. The van der Waals surface area contributed by atoms with Crippen LogP contribution in [0.3, 0.4) is 0 Å². The Bertz CT molecular complexity index is 482. The lowest BCUT2D eigenvalue weighted by Gasteiger charge is -2.63. The number of Topliss-reactive ketones (excluding diaryl/α,β-unsaturated/α-hetero) is 1. The molecule has 4 fully saturated rings. The van der Waals surface area contributed by atoms with E-state index in [9.17, 15) is 4.79 Å². The van der Waals surface area contributed by atoms with Crippen molar-refractivity contribution in [3.8, 4) is 0 Å². The third-order valence-electron chi connectivity index (χ3n) is 9.32. The van der Waals surface area contributed by atoms with Crippen molar-refractivity contribution in [3.05, 3.63) is 0 Å². The van der Waals surface area contributed by atoms with Crippen molar-refractivity contribution < 1.29 is 4.79 Å². The van der Waals surface area contributed by atoms with Crippen LogP contribution in [0.5, 0.6) is 0 Å². The zero-order valence-corrected chi connectivity index (χ0v) is 15.6. The van der Waals surface area contributed by atoms with Crippen LogP contribution in [0.15, 0.2) is 0 Å². The average molecular weight is 317 g/mol. The van der Waals surface area contributed by atoms with Crippen molar-refractivity contribution in [2.45, 2.75) is 91.4 Å². The van der Waals surface area contributed by atoms with Gasteiger partial charge < -0.3 is 0 Å². The highest BCUT2D eigenvalue weighted by atomic mass is 16.1. The minimum absolute atomic E-state index is 0.323. The summed E-state index contributed by atoms with van der Waals surface area (Å²) in [6.45, 7) is 7.01. The molecule has 1 heteroatoms. The van der Waals surface area contributed by atoms with E-state index in [0.29, 0.717) is 22.5 Å². The topological polar surface area (TPSA) is 17.1 Å². The summed E-state index contributed by atoms with van der Waals surface area (Å²) >= 11 is 0. The molecule has 0 aliphatic heterocycles. The van der Waals surface area contributed by atoms with E-state index in [1.165, 1.54) is 70.6 Å². The number of hydrogen-bond donors (Lipinski definition) is 0. The number of rotatable bonds is 1. The van der Waals surface area contributed by atoms with Crippen LogP contribution >= 0.6 is 0 Å². The molecule has 0 heterocycles. The predicted molar refractivity (Wildman–Crippen MR) is 95.1 cm³/mol. The molecule has 0 aromatic carbocycles. The third kappa shape index (κ3) is 2.28. The Morgan fingerprint density at radius 3 is 2.35 bits per heavy atom. The number of carbonyl (C=O) groups excluding carboxylic acids is 1. The van der Waals surface area contributed by atoms with Crippen LogP contribution in [0.4, 0.5) is 0 Å². The highest BCUT2D eigenvalue weighted by Crippen LogP contribution is 2.66. The normalized spacial score (nSPS) is 52.9. The summed E-state index contributed by atoms with van der Waals surface area (Å²) in [5.41, 5.74) is 0.953. The van der Waals surface area contributed by atoms with Gasteiger partial charge >= 0.3 is 0 Å².